The molecule has 1 aromatic rings. The highest BCUT2D eigenvalue weighted by Gasteiger charge is 2.24. The molecule has 2 rings (SSSR count). The number of aryl methyl sites for hydroxylation is 3. The third kappa shape index (κ3) is 2.21. The molecule has 0 bridgehead atoms. The number of hydrogen-bond donors (Lipinski definition) is 0. The second-order valence-electron chi connectivity index (χ2n) is 5.15. The Kier molecular flexibility index (Phi) is 3.23. The predicted octanol–water partition coefficient (Wildman–Crippen LogP) is 3.03. The molecular formula is C15H21NO. The van der Waals surface area contributed by atoms with Crippen LogP contribution in [0.25, 0.3) is 0 Å². The maximum absolute atomic E-state index is 11.6. The van der Waals surface area contributed by atoms with E-state index in [-0.39, 0.29) is 11.8 Å². The predicted molar refractivity (Wildman–Crippen MR) is 71.7 cm³/mol. The molecule has 1 aromatic carbocycles. The van der Waals surface area contributed by atoms with Crippen LogP contribution >= 0.6 is 0 Å². The number of hydrogen-bond acceptors (Lipinski definition) is 2. The van der Waals surface area contributed by atoms with Gasteiger partial charge in [-0.25, -0.2) is 0 Å². The molecule has 1 atom stereocenters. The lowest BCUT2D eigenvalue weighted by molar-refractivity contribution is -0.117. The molecule has 0 radical (unpaired) electrons. The minimum atomic E-state index is -0.00356. The van der Waals surface area contributed by atoms with Gasteiger partial charge in [0, 0.05) is 12.2 Å². The Morgan fingerprint density at radius 2 is 1.94 bits per heavy atom. The zero-order valence-electron chi connectivity index (χ0n) is 11.2. The first kappa shape index (κ1) is 12.2. The summed E-state index contributed by atoms with van der Waals surface area (Å²) in [6.07, 6.45) is 2.28. The van der Waals surface area contributed by atoms with Gasteiger partial charge in [-0.2, -0.15) is 0 Å². The Hall–Kier alpha value is -1.31. The first-order valence-electron chi connectivity index (χ1n) is 6.38. The van der Waals surface area contributed by atoms with Gasteiger partial charge in [0.05, 0.1) is 6.04 Å². The van der Waals surface area contributed by atoms with Gasteiger partial charge in [-0.15, -0.1) is 0 Å². The molecule has 0 saturated heterocycles. The van der Waals surface area contributed by atoms with Crippen molar-refractivity contribution >= 4 is 11.5 Å². The summed E-state index contributed by atoms with van der Waals surface area (Å²) >= 11 is 0. The largest absolute Gasteiger partial charge is 0.362 e. The molecule has 0 saturated carbocycles. The van der Waals surface area contributed by atoms with Crippen LogP contribution in [0, 0.1) is 13.8 Å². The van der Waals surface area contributed by atoms with Gasteiger partial charge in [0.2, 0.25) is 0 Å². The summed E-state index contributed by atoms with van der Waals surface area (Å²) in [5.74, 6) is 0.246. The zero-order valence-corrected chi connectivity index (χ0v) is 11.2. The van der Waals surface area contributed by atoms with E-state index in [1.54, 1.807) is 6.92 Å². The number of nitrogens with zero attached hydrogens (tertiary/aromatic N) is 1. The van der Waals surface area contributed by atoms with Crippen molar-refractivity contribution in [1.29, 1.82) is 0 Å². The highest BCUT2D eigenvalue weighted by Crippen LogP contribution is 2.31. The fourth-order valence-electron chi connectivity index (χ4n) is 2.51. The maximum atomic E-state index is 11.6. The van der Waals surface area contributed by atoms with E-state index >= 15 is 0 Å². The van der Waals surface area contributed by atoms with Crippen molar-refractivity contribution in [2.45, 2.75) is 46.6 Å². The molecule has 1 aliphatic heterocycles. The molecule has 0 amide bonds. The second-order valence-corrected chi connectivity index (χ2v) is 5.15. The van der Waals surface area contributed by atoms with Crippen LogP contribution in [0.4, 0.5) is 5.69 Å². The third-order valence-corrected chi connectivity index (χ3v) is 3.91. The fraction of sp³-hybridized carbons (Fsp3) is 0.533. The van der Waals surface area contributed by atoms with E-state index < -0.39 is 0 Å². The van der Waals surface area contributed by atoms with Gasteiger partial charge in [0.15, 0.2) is 5.78 Å². The number of carbonyl (C=O) groups is 1. The van der Waals surface area contributed by atoms with Crippen molar-refractivity contribution in [3.8, 4) is 0 Å². The highest BCUT2D eigenvalue weighted by molar-refractivity contribution is 5.85. The number of carbonyl (C=O) groups excluding carboxylic acids is 1. The number of fused-ring (bicyclic) bond motifs is 1. The van der Waals surface area contributed by atoms with Crippen molar-refractivity contribution in [2.24, 2.45) is 0 Å². The quantitative estimate of drug-likeness (QED) is 0.779. The minimum absolute atomic E-state index is 0.00356. The molecule has 92 valence electrons. The van der Waals surface area contributed by atoms with Crippen molar-refractivity contribution in [2.75, 3.05) is 11.4 Å². The molecule has 0 aliphatic carbocycles. The second kappa shape index (κ2) is 4.52. The number of rotatable bonds is 2. The maximum Gasteiger partial charge on any atom is 0.151 e. The topological polar surface area (TPSA) is 20.3 Å². The minimum Gasteiger partial charge on any atom is -0.362 e. The Bertz CT molecular complexity index is 450. The number of ketones is 1. The molecule has 1 unspecified atom stereocenters. The summed E-state index contributed by atoms with van der Waals surface area (Å²) in [7, 11) is 0. The van der Waals surface area contributed by atoms with E-state index in [1.165, 1.54) is 22.4 Å². The van der Waals surface area contributed by atoms with Crippen LogP contribution in [0.3, 0.4) is 0 Å². The van der Waals surface area contributed by atoms with Gasteiger partial charge in [0.25, 0.3) is 0 Å². The molecule has 0 aromatic heterocycles. The smallest absolute Gasteiger partial charge is 0.151 e. The van der Waals surface area contributed by atoms with Crippen molar-refractivity contribution in [1.82, 2.24) is 0 Å². The number of anilines is 1. The average Bonchev–Trinajstić information content (AvgIpc) is 2.29. The summed E-state index contributed by atoms with van der Waals surface area (Å²) in [5, 5.41) is 0. The molecule has 2 nitrogen and oxygen atoms in total. The lowest BCUT2D eigenvalue weighted by Gasteiger charge is -2.35. The Balaban J connectivity index is 2.43. The van der Waals surface area contributed by atoms with E-state index in [9.17, 15) is 4.79 Å². The monoisotopic (exact) mass is 231 g/mol. The van der Waals surface area contributed by atoms with Gasteiger partial charge < -0.3 is 4.90 Å². The van der Waals surface area contributed by atoms with Gasteiger partial charge in [-0.3, -0.25) is 4.79 Å². The average molecular weight is 231 g/mol. The SMILES string of the molecule is CC(=O)C(C)N1CCCc2cc(C)c(C)cc21. The first-order chi connectivity index (χ1) is 8.00. The molecule has 0 N–H and O–H groups in total. The van der Waals surface area contributed by atoms with Crippen molar-refractivity contribution in [3.05, 3.63) is 28.8 Å². The molecule has 0 fully saturated rings. The van der Waals surface area contributed by atoms with Crippen LogP contribution in [-0.4, -0.2) is 18.4 Å². The molecule has 0 spiro atoms. The Morgan fingerprint density at radius 3 is 2.59 bits per heavy atom. The van der Waals surface area contributed by atoms with Crippen LogP contribution < -0.4 is 4.90 Å². The van der Waals surface area contributed by atoms with E-state index in [0.717, 1.165) is 19.4 Å². The summed E-state index contributed by atoms with van der Waals surface area (Å²) in [4.78, 5) is 13.8. The van der Waals surface area contributed by atoms with Gasteiger partial charge in [-0.1, -0.05) is 6.07 Å². The van der Waals surface area contributed by atoms with Gasteiger partial charge >= 0.3 is 0 Å². The zero-order chi connectivity index (χ0) is 12.6. The third-order valence-electron chi connectivity index (χ3n) is 3.91. The van der Waals surface area contributed by atoms with Gasteiger partial charge in [-0.05, 0) is 63.3 Å². The summed E-state index contributed by atoms with van der Waals surface area (Å²) < 4.78 is 0. The molecular weight excluding hydrogens is 210 g/mol. The van der Waals surface area contributed by atoms with E-state index in [0.29, 0.717) is 0 Å². The summed E-state index contributed by atoms with van der Waals surface area (Å²) in [5.41, 5.74) is 5.32. The number of benzene rings is 1. The lowest BCUT2D eigenvalue weighted by atomic mass is 9.95. The van der Waals surface area contributed by atoms with Crippen LogP contribution in [0.5, 0.6) is 0 Å². The van der Waals surface area contributed by atoms with Crippen molar-refractivity contribution in [3.63, 3.8) is 0 Å². The normalized spacial score (nSPS) is 16.6. The lowest BCUT2D eigenvalue weighted by Crippen LogP contribution is -2.41. The van der Waals surface area contributed by atoms with Gasteiger partial charge in [0.1, 0.15) is 0 Å². The number of Topliss-reactive ketones (excluding diaryl/α,β-unsaturated/α-hetero) is 1. The fourth-order valence-corrected chi connectivity index (χ4v) is 2.51. The first-order valence-corrected chi connectivity index (χ1v) is 6.38. The molecule has 2 heteroatoms. The van der Waals surface area contributed by atoms with Crippen LogP contribution in [-0.2, 0) is 11.2 Å². The van der Waals surface area contributed by atoms with E-state index in [1.807, 2.05) is 6.92 Å². The van der Waals surface area contributed by atoms with Crippen LogP contribution in [0.1, 0.15) is 37.0 Å². The van der Waals surface area contributed by atoms with Crippen LogP contribution in [0.2, 0.25) is 0 Å². The standard InChI is InChI=1S/C15H21NO/c1-10-8-14-6-5-7-16(12(3)13(4)17)15(14)9-11(10)2/h8-9,12H,5-7H2,1-4H3. The van der Waals surface area contributed by atoms with E-state index in [4.69, 9.17) is 0 Å². The Morgan fingerprint density at radius 1 is 1.29 bits per heavy atom. The Labute approximate surface area is 104 Å². The van der Waals surface area contributed by atoms with Crippen LogP contribution in [0.15, 0.2) is 12.1 Å². The molecule has 1 aliphatic rings. The summed E-state index contributed by atoms with van der Waals surface area (Å²) in [6, 6.07) is 4.52. The molecule has 1 heterocycles. The molecule has 17 heavy (non-hydrogen) atoms. The summed E-state index contributed by atoms with van der Waals surface area (Å²) in [6.45, 7) is 8.98. The highest BCUT2D eigenvalue weighted by atomic mass is 16.1. The van der Waals surface area contributed by atoms with Crippen molar-refractivity contribution < 1.29 is 4.79 Å². The van der Waals surface area contributed by atoms with E-state index in [2.05, 4.69) is 30.9 Å².